The van der Waals surface area contributed by atoms with Crippen LogP contribution in [0.25, 0.3) is 0 Å². The summed E-state index contributed by atoms with van der Waals surface area (Å²) in [7, 11) is 2.63. The van der Waals surface area contributed by atoms with E-state index in [4.69, 9.17) is 9.47 Å². The molecule has 0 aliphatic rings. The van der Waals surface area contributed by atoms with E-state index in [-0.39, 0.29) is 17.1 Å². The molecule has 16 heavy (non-hydrogen) atoms. The number of ketones is 1. The van der Waals surface area contributed by atoms with Gasteiger partial charge in [0.05, 0.1) is 14.2 Å². The molecule has 0 saturated heterocycles. The zero-order valence-electron chi connectivity index (χ0n) is 9.21. The minimum Gasteiger partial charge on any atom is -0.496 e. The first-order chi connectivity index (χ1) is 7.51. The summed E-state index contributed by atoms with van der Waals surface area (Å²) in [5.41, 5.74) is 0.546. The fraction of sp³-hybridized carbons (Fsp3) is 0.364. The van der Waals surface area contributed by atoms with E-state index in [1.807, 2.05) is 0 Å². The van der Waals surface area contributed by atoms with Crippen LogP contribution in [-0.2, 0) is 0 Å². The lowest BCUT2D eigenvalue weighted by atomic mass is 10.1. The lowest BCUT2D eigenvalue weighted by molar-refractivity contribution is 0.0672. The van der Waals surface area contributed by atoms with E-state index in [2.05, 4.69) is 0 Å². The summed E-state index contributed by atoms with van der Waals surface area (Å²) in [5, 5.41) is 0. The molecule has 0 spiro atoms. The van der Waals surface area contributed by atoms with Crippen LogP contribution in [0, 0.1) is 6.92 Å². The lowest BCUT2D eigenvalue weighted by Gasteiger charge is -2.12. The fourth-order valence-electron chi connectivity index (χ4n) is 1.39. The molecule has 0 unspecified atom stereocenters. The normalized spacial score (nSPS) is 10.4. The van der Waals surface area contributed by atoms with Gasteiger partial charge in [-0.1, -0.05) is 0 Å². The third kappa shape index (κ3) is 2.29. The van der Waals surface area contributed by atoms with Crippen LogP contribution in [0.2, 0.25) is 0 Å². The number of Topliss-reactive ketones (excluding diaryl/α,β-unsaturated/α-hetero) is 1. The van der Waals surface area contributed by atoms with Crippen molar-refractivity contribution in [3.8, 4) is 11.5 Å². The molecule has 1 aromatic rings. The quantitative estimate of drug-likeness (QED) is 0.745. The first kappa shape index (κ1) is 12.4. The second-order valence-corrected chi connectivity index (χ2v) is 3.21. The highest BCUT2D eigenvalue weighted by Crippen LogP contribution is 2.32. The summed E-state index contributed by atoms with van der Waals surface area (Å²) >= 11 is 0. The van der Waals surface area contributed by atoms with Crippen molar-refractivity contribution in [2.45, 2.75) is 13.3 Å². The Morgan fingerprint density at radius 3 is 1.94 bits per heavy atom. The summed E-state index contributed by atoms with van der Waals surface area (Å²) < 4.78 is 34.6. The molecule has 0 aromatic heterocycles. The predicted octanol–water partition coefficient (Wildman–Crippen LogP) is 2.46. The molecule has 1 rings (SSSR count). The predicted molar refractivity (Wildman–Crippen MR) is 54.6 cm³/mol. The Morgan fingerprint density at radius 1 is 1.19 bits per heavy atom. The minimum atomic E-state index is -3.08. The second kappa shape index (κ2) is 4.92. The summed E-state index contributed by atoms with van der Waals surface area (Å²) in [6.07, 6.45) is -3.08. The molecule has 0 aliphatic carbocycles. The van der Waals surface area contributed by atoms with E-state index in [1.54, 1.807) is 6.92 Å². The molecule has 0 bridgehead atoms. The van der Waals surface area contributed by atoms with E-state index < -0.39 is 12.2 Å². The van der Waals surface area contributed by atoms with E-state index in [0.29, 0.717) is 0 Å². The zero-order valence-corrected chi connectivity index (χ0v) is 9.21. The fourth-order valence-corrected chi connectivity index (χ4v) is 1.39. The monoisotopic (exact) mass is 230 g/mol. The van der Waals surface area contributed by atoms with Crippen molar-refractivity contribution >= 4 is 5.78 Å². The number of methoxy groups -OCH3 is 2. The van der Waals surface area contributed by atoms with Crippen LogP contribution in [0.5, 0.6) is 11.5 Å². The Bertz CT molecular complexity index is 377. The van der Waals surface area contributed by atoms with Crippen LogP contribution in [0.3, 0.4) is 0 Å². The van der Waals surface area contributed by atoms with Gasteiger partial charge in [0.25, 0.3) is 0 Å². The second-order valence-electron chi connectivity index (χ2n) is 3.21. The largest absolute Gasteiger partial charge is 0.496 e. The molecule has 5 heteroatoms. The molecule has 0 saturated carbocycles. The smallest absolute Gasteiger partial charge is 0.300 e. The Kier molecular flexibility index (Phi) is 3.82. The van der Waals surface area contributed by atoms with Gasteiger partial charge in [-0.2, -0.15) is 0 Å². The van der Waals surface area contributed by atoms with Gasteiger partial charge in [0, 0.05) is 0 Å². The van der Waals surface area contributed by atoms with Gasteiger partial charge in [0.2, 0.25) is 5.78 Å². The summed E-state index contributed by atoms with van der Waals surface area (Å²) in [4.78, 5) is 11.3. The topological polar surface area (TPSA) is 35.5 Å². The van der Waals surface area contributed by atoms with Crippen molar-refractivity contribution in [3.63, 3.8) is 0 Å². The van der Waals surface area contributed by atoms with Gasteiger partial charge in [-0.15, -0.1) is 0 Å². The van der Waals surface area contributed by atoms with Crippen molar-refractivity contribution in [2.24, 2.45) is 0 Å². The van der Waals surface area contributed by atoms with Gasteiger partial charge in [-0.05, 0) is 24.6 Å². The van der Waals surface area contributed by atoms with Crippen molar-refractivity contribution in [1.82, 2.24) is 0 Å². The molecule has 0 aliphatic heterocycles. The van der Waals surface area contributed by atoms with Crippen molar-refractivity contribution in [2.75, 3.05) is 14.2 Å². The summed E-state index contributed by atoms with van der Waals surface area (Å²) in [5.74, 6) is -1.10. The maximum atomic E-state index is 12.4. The Hall–Kier alpha value is -1.65. The number of carbonyl (C=O) groups is 1. The average Bonchev–Trinajstić information content (AvgIpc) is 2.26. The maximum absolute atomic E-state index is 12.4. The number of alkyl halides is 2. The maximum Gasteiger partial charge on any atom is 0.300 e. The lowest BCUT2D eigenvalue weighted by Crippen LogP contribution is -2.13. The van der Waals surface area contributed by atoms with Crippen molar-refractivity contribution < 1.29 is 23.0 Å². The number of hydrogen-bond donors (Lipinski definition) is 0. The van der Waals surface area contributed by atoms with Gasteiger partial charge in [0.15, 0.2) is 0 Å². The Morgan fingerprint density at radius 2 is 1.62 bits per heavy atom. The molecule has 3 nitrogen and oxygen atoms in total. The molecule has 0 amide bonds. The molecule has 0 fully saturated rings. The Labute approximate surface area is 92.0 Å². The highest BCUT2D eigenvalue weighted by Gasteiger charge is 2.26. The van der Waals surface area contributed by atoms with Crippen LogP contribution in [-0.4, -0.2) is 26.4 Å². The van der Waals surface area contributed by atoms with E-state index >= 15 is 0 Å². The molecular weight excluding hydrogens is 218 g/mol. The van der Waals surface area contributed by atoms with Crippen LogP contribution < -0.4 is 9.47 Å². The van der Waals surface area contributed by atoms with Crippen molar-refractivity contribution in [3.05, 3.63) is 23.3 Å². The molecule has 1 aromatic carbocycles. The highest BCUT2D eigenvalue weighted by molar-refractivity contribution is 6.03. The first-order valence-electron chi connectivity index (χ1n) is 4.56. The number of carbonyl (C=O) groups excluding carboxylic acids is 1. The Balaban J connectivity index is 3.38. The third-order valence-corrected chi connectivity index (χ3v) is 2.09. The molecule has 0 atom stereocenters. The van der Waals surface area contributed by atoms with Crippen LogP contribution in [0.4, 0.5) is 8.78 Å². The van der Waals surface area contributed by atoms with E-state index in [1.165, 1.54) is 26.4 Å². The van der Waals surface area contributed by atoms with Gasteiger partial charge >= 0.3 is 6.43 Å². The molecular formula is C11H12F2O3. The molecule has 0 radical (unpaired) electrons. The summed E-state index contributed by atoms with van der Waals surface area (Å²) in [6, 6.07) is 3.02. The SMILES string of the molecule is COc1cc(C)cc(OC)c1C(=O)C(F)F. The number of ether oxygens (including phenoxy) is 2. The molecule has 0 N–H and O–H groups in total. The standard InChI is InChI=1S/C11H12F2O3/c1-6-4-7(15-2)9(8(5-6)16-3)10(14)11(12)13/h4-5,11H,1-3H3. The van der Waals surface area contributed by atoms with E-state index in [9.17, 15) is 13.6 Å². The van der Waals surface area contributed by atoms with Crippen LogP contribution in [0.15, 0.2) is 12.1 Å². The van der Waals surface area contributed by atoms with Gasteiger partial charge < -0.3 is 9.47 Å². The number of hydrogen-bond acceptors (Lipinski definition) is 3. The number of rotatable bonds is 4. The first-order valence-corrected chi connectivity index (χ1v) is 4.56. The average molecular weight is 230 g/mol. The number of halogens is 2. The third-order valence-electron chi connectivity index (χ3n) is 2.09. The van der Waals surface area contributed by atoms with Crippen LogP contribution in [0.1, 0.15) is 15.9 Å². The molecule has 88 valence electrons. The minimum absolute atomic E-state index is 0.0992. The number of aryl methyl sites for hydroxylation is 1. The number of benzene rings is 1. The summed E-state index contributed by atoms with van der Waals surface area (Å²) in [6.45, 7) is 1.75. The van der Waals surface area contributed by atoms with Gasteiger partial charge in [0.1, 0.15) is 17.1 Å². The van der Waals surface area contributed by atoms with Crippen LogP contribution >= 0.6 is 0 Å². The van der Waals surface area contributed by atoms with E-state index in [0.717, 1.165) is 5.56 Å². The van der Waals surface area contributed by atoms with Gasteiger partial charge in [-0.25, -0.2) is 8.78 Å². The molecule has 0 heterocycles. The highest BCUT2D eigenvalue weighted by atomic mass is 19.3. The zero-order chi connectivity index (χ0) is 12.3. The van der Waals surface area contributed by atoms with Gasteiger partial charge in [-0.3, -0.25) is 4.79 Å². The van der Waals surface area contributed by atoms with Crippen molar-refractivity contribution in [1.29, 1.82) is 0 Å².